The standard InChI is InChI=1S/C21H24O/c22-21(15-7-1-2-8-15)14-17-13-16-9-3-4-10-18(16)20-12-6-5-11-19(17)20/h3-6,9-12,15,17,21-22H,1-2,7-8,13-14H2/t17?,21-/m1/s1. The van der Waals surface area contributed by atoms with E-state index in [4.69, 9.17) is 0 Å². The maximum absolute atomic E-state index is 10.7. The third kappa shape index (κ3) is 2.48. The van der Waals surface area contributed by atoms with Gasteiger partial charge in [-0.2, -0.15) is 0 Å². The molecule has 114 valence electrons. The summed E-state index contributed by atoms with van der Waals surface area (Å²) in [4.78, 5) is 0. The first kappa shape index (κ1) is 14.0. The van der Waals surface area contributed by atoms with Crippen LogP contribution in [-0.2, 0) is 6.42 Å². The van der Waals surface area contributed by atoms with Crippen molar-refractivity contribution in [2.24, 2.45) is 5.92 Å². The Bertz CT molecular complexity index is 654. The smallest absolute Gasteiger partial charge is 0.0574 e. The van der Waals surface area contributed by atoms with Crippen LogP contribution in [0.3, 0.4) is 0 Å². The predicted octanol–water partition coefficient (Wildman–Crippen LogP) is 4.93. The molecule has 1 fully saturated rings. The molecule has 2 aromatic carbocycles. The van der Waals surface area contributed by atoms with Gasteiger partial charge >= 0.3 is 0 Å². The first-order valence-corrected chi connectivity index (χ1v) is 8.68. The zero-order valence-electron chi connectivity index (χ0n) is 13.0. The molecule has 1 N–H and O–H groups in total. The average molecular weight is 292 g/mol. The van der Waals surface area contributed by atoms with Crippen LogP contribution in [-0.4, -0.2) is 11.2 Å². The minimum Gasteiger partial charge on any atom is -0.393 e. The van der Waals surface area contributed by atoms with Crippen LogP contribution in [0.15, 0.2) is 48.5 Å². The summed E-state index contributed by atoms with van der Waals surface area (Å²) in [6.07, 6.45) is 6.87. The van der Waals surface area contributed by atoms with Crippen LogP contribution in [0, 0.1) is 5.92 Å². The largest absolute Gasteiger partial charge is 0.393 e. The fourth-order valence-corrected chi connectivity index (χ4v) is 4.47. The van der Waals surface area contributed by atoms with Crippen molar-refractivity contribution in [2.45, 2.75) is 50.5 Å². The molecule has 0 spiro atoms. The van der Waals surface area contributed by atoms with E-state index in [0.29, 0.717) is 11.8 Å². The lowest BCUT2D eigenvalue weighted by Crippen LogP contribution is -2.23. The van der Waals surface area contributed by atoms with Crippen molar-refractivity contribution >= 4 is 0 Å². The second-order valence-corrected chi connectivity index (χ2v) is 6.99. The molecule has 0 aliphatic heterocycles. The molecule has 1 heteroatoms. The fraction of sp³-hybridized carbons (Fsp3) is 0.429. The SMILES string of the molecule is O[C@H](CC1Cc2ccccc2-c2ccccc21)C1CCCC1. The highest BCUT2D eigenvalue weighted by Gasteiger charge is 2.30. The molecular formula is C21H24O. The Hall–Kier alpha value is -1.60. The van der Waals surface area contributed by atoms with E-state index in [1.165, 1.54) is 47.9 Å². The lowest BCUT2D eigenvalue weighted by atomic mass is 9.75. The quantitative estimate of drug-likeness (QED) is 0.850. The van der Waals surface area contributed by atoms with Crippen molar-refractivity contribution in [1.82, 2.24) is 0 Å². The summed E-state index contributed by atoms with van der Waals surface area (Å²) in [5.74, 6) is 0.992. The Morgan fingerprint density at radius 3 is 2.41 bits per heavy atom. The highest BCUT2D eigenvalue weighted by Crippen LogP contribution is 2.42. The zero-order chi connectivity index (χ0) is 14.9. The van der Waals surface area contributed by atoms with E-state index in [0.717, 1.165) is 12.8 Å². The van der Waals surface area contributed by atoms with E-state index in [1.54, 1.807) is 0 Å². The average Bonchev–Trinajstić information content (AvgIpc) is 3.10. The Kier molecular flexibility index (Phi) is 3.75. The van der Waals surface area contributed by atoms with Crippen LogP contribution in [0.5, 0.6) is 0 Å². The summed E-state index contributed by atoms with van der Waals surface area (Å²) >= 11 is 0. The summed E-state index contributed by atoms with van der Waals surface area (Å²) in [6, 6.07) is 17.5. The first-order valence-electron chi connectivity index (χ1n) is 8.68. The Morgan fingerprint density at radius 2 is 1.59 bits per heavy atom. The summed E-state index contributed by atoms with van der Waals surface area (Å²) in [5.41, 5.74) is 5.61. The van der Waals surface area contributed by atoms with E-state index in [1.807, 2.05) is 0 Å². The molecule has 0 amide bonds. The minimum absolute atomic E-state index is 0.134. The zero-order valence-corrected chi connectivity index (χ0v) is 13.0. The van der Waals surface area contributed by atoms with Crippen LogP contribution in [0.1, 0.15) is 49.1 Å². The van der Waals surface area contributed by atoms with Crippen molar-refractivity contribution in [1.29, 1.82) is 0 Å². The highest BCUT2D eigenvalue weighted by molar-refractivity contribution is 5.73. The van der Waals surface area contributed by atoms with Gasteiger partial charge in [0.1, 0.15) is 0 Å². The van der Waals surface area contributed by atoms with Crippen molar-refractivity contribution in [3.63, 3.8) is 0 Å². The monoisotopic (exact) mass is 292 g/mol. The second-order valence-electron chi connectivity index (χ2n) is 6.99. The van der Waals surface area contributed by atoms with Crippen LogP contribution < -0.4 is 0 Å². The molecule has 0 saturated heterocycles. The lowest BCUT2D eigenvalue weighted by molar-refractivity contribution is 0.0940. The number of rotatable bonds is 3. The van der Waals surface area contributed by atoms with Crippen molar-refractivity contribution in [3.8, 4) is 11.1 Å². The third-order valence-electron chi connectivity index (χ3n) is 5.64. The third-order valence-corrected chi connectivity index (χ3v) is 5.64. The van der Waals surface area contributed by atoms with Crippen LogP contribution >= 0.6 is 0 Å². The van der Waals surface area contributed by atoms with Crippen LogP contribution in [0.2, 0.25) is 0 Å². The van der Waals surface area contributed by atoms with Gasteiger partial charge in [0, 0.05) is 0 Å². The molecular weight excluding hydrogens is 268 g/mol. The van der Waals surface area contributed by atoms with Gasteiger partial charge in [0.05, 0.1) is 6.10 Å². The topological polar surface area (TPSA) is 20.2 Å². The normalized spacial score (nSPS) is 22.1. The summed E-state index contributed by atoms with van der Waals surface area (Å²) in [7, 11) is 0. The molecule has 22 heavy (non-hydrogen) atoms. The molecule has 2 aliphatic carbocycles. The predicted molar refractivity (Wildman–Crippen MR) is 90.9 cm³/mol. The maximum Gasteiger partial charge on any atom is 0.0574 e. The minimum atomic E-state index is -0.134. The van der Waals surface area contributed by atoms with E-state index < -0.39 is 0 Å². The Balaban J connectivity index is 1.64. The molecule has 0 heterocycles. The highest BCUT2D eigenvalue weighted by atomic mass is 16.3. The van der Waals surface area contributed by atoms with Gasteiger partial charge in [0.25, 0.3) is 0 Å². The van der Waals surface area contributed by atoms with Gasteiger partial charge in [-0.15, -0.1) is 0 Å². The molecule has 0 bridgehead atoms. The van der Waals surface area contributed by atoms with Gasteiger partial charge in [0.15, 0.2) is 0 Å². The number of aliphatic hydroxyl groups excluding tert-OH is 1. The van der Waals surface area contributed by atoms with E-state index in [9.17, 15) is 5.11 Å². The van der Waals surface area contributed by atoms with Crippen LogP contribution in [0.25, 0.3) is 11.1 Å². The van der Waals surface area contributed by atoms with Gasteiger partial charge in [-0.1, -0.05) is 61.4 Å². The van der Waals surface area contributed by atoms with Crippen molar-refractivity contribution < 1.29 is 5.11 Å². The molecule has 0 radical (unpaired) electrons. The summed E-state index contributed by atoms with van der Waals surface area (Å²) < 4.78 is 0. The fourth-order valence-electron chi connectivity index (χ4n) is 4.47. The lowest BCUT2D eigenvalue weighted by Gasteiger charge is -2.30. The van der Waals surface area contributed by atoms with Gasteiger partial charge in [-0.05, 0) is 59.8 Å². The van der Waals surface area contributed by atoms with Crippen molar-refractivity contribution in [3.05, 3.63) is 59.7 Å². The van der Waals surface area contributed by atoms with Crippen molar-refractivity contribution in [2.75, 3.05) is 0 Å². The summed E-state index contributed by atoms with van der Waals surface area (Å²) in [5, 5.41) is 10.7. The van der Waals surface area contributed by atoms with Gasteiger partial charge < -0.3 is 5.11 Å². The van der Waals surface area contributed by atoms with Gasteiger partial charge in [-0.3, -0.25) is 0 Å². The number of hydrogen-bond donors (Lipinski definition) is 1. The molecule has 1 nitrogen and oxygen atoms in total. The number of aliphatic hydroxyl groups is 1. The van der Waals surface area contributed by atoms with E-state index >= 15 is 0 Å². The molecule has 1 unspecified atom stereocenters. The van der Waals surface area contributed by atoms with Crippen LogP contribution in [0.4, 0.5) is 0 Å². The Labute approximate surface area is 133 Å². The molecule has 0 aromatic heterocycles. The number of benzene rings is 2. The summed E-state index contributed by atoms with van der Waals surface area (Å²) in [6.45, 7) is 0. The molecule has 2 aromatic rings. The molecule has 4 rings (SSSR count). The van der Waals surface area contributed by atoms with Gasteiger partial charge in [0.2, 0.25) is 0 Å². The maximum atomic E-state index is 10.7. The Morgan fingerprint density at radius 1 is 0.909 bits per heavy atom. The second kappa shape index (κ2) is 5.89. The molecule has 2 aliphatic rings. The first-order chi connectivity index (χ1) is 10.8. The van der Waals surface area contributed by atoms with E-state index in [2.05, 4.69) is 48.5 Å². The number of hydrogen-bond acceptors (Lipinski definition) is 1. The van der Waals surface area contributed by atoms with Gasteiger partial charge in [-0.25, -0.2) is 0 Å². The molecule has 1 saturated carbocycles. The molecule has 2 atom stereocenters. The number of fused-ring (bicyclic) bond motifs is 3. The van der Waals surface area contributed by atoms with E-state index in [-0.39, 0.29) is 6.10 Å².